The van der Waals surface area contributed by atoms with Crippen molar-refractivity contribution < 1.29 is 94.1 Å². The van der Waals surface area contributed by atoms with Crippen LogP contribution in [-0.4, -0.2) is 35.8 Å². The number of aliphatic carboxylic acids is 6. The molecule has 0 spiro atoms. The van der Waals surface area contributed by atoms with Gasteiger partial charge in [0.15, 0.2) is 0 Å². The van der Waals surface area contributed by atoms with Gasteiger partial charge in [0.1, 0.15) is 0 Å². The van der Waals surface area contributed by atoms with Crippen molar-refractivity contribution in [3.05, 3.63) is 0 Å². The minimum atomic E-state index is -0.907. The summed E-state index contributed by atoms with van der Waals surface area (Å²) in [4.78, 5) is 60.9. The SMILES string of the molecule is CCCCCCCCCCCCCC(=O)[O-].CCCCCCCCCCCCCC(=O)[O-].CCCCCCCCCCCCCC(=O)[O-].CCCCCCCCCCCCCC(=O)[O-].CCCCCCCCCCCCCC(=O)[O-].CCCCCCCCCCCCCC(=O)[O-].[Cr+3].[Cr+3]. The first-order valence-electron chi connectivity index (χ1n) is 41.8. The van der Waals surface area contributed by atoms with Gasteiger partial charge >= 0.3 is 34.7 Å². The molecule has 98 heavy (non-hydrogen) atoms. The molecule has 0 aromatic heterocycles. The van der Waals surface area contributed by atoms with Gasteiger partial charge in [0.25, 0.3) is 0 Å². The summed E-state index contributed by atoms with van der Waals surface area (Å²) in [6, 6.07) is 0. The summed E-state index contributed by atoms with van der Waals surface area (Å²) < 4.78 is 0. The third-order valence-corrected chi connectivity index (χ3v) is 17.9. The number of unbranched alkanes of at least 4 members (excludes halogenated alkanes) is 60. The van der Waals surface area contributed by atoms with E-state index >= 15 is 0 Å². The zero-order valence-electron chi connectivity index (χ0n) is 65.6. The fourth-order valence-electron chi connectivity index (χ4n) is 11.6. The van der Waals surface area contributed by atoms with E-state index in [0.29, 0.717) is 0 Å². The molecular weight excluding hydrogens is 1300 g/mol. The van der Waals surface area contributed by atoms with Crippen molar-refractivity contribution >= 4 is 35.8 Å². The third kappa shape index (κ3) is 141. The molecule has 0 heterocycles. The third-order valence-electron chi connectivity index (χ3n) is 17.9. The molecule has 0 atom stereocenters. The maximum Gasteiger partial charge on any atom is 3.00 e. The van der Waals surface area contributed by atoms with E-state index < -0.39 is 35.8 Å². The van der Waals surface area contributed by atoms with Gasteiger partial charge in [-0.25, -0.2) is 0 Å². The van der Waals surface area contributed by atoms with Crippen LogP contribution in [0, 0.1) is 0 Å². The standard InChI is InChI=1S/6C14H28O2.2Cr/c6*1-2-3-4-5-6-7-8-9-10-11-12-13-14(15)16;;/h6*2-13H2,1H3,(H,15,16);;/q;;;;;;2*+3/p-6. The van der Waals surface area contributed by atoms with E-state index in [-0.39, 0.29) is 73.2 Å². The zero-order chi connectivity index (χ0) is 72.4. The van der Waals surface area contributed by atoms with Gasteiger partial charge in [-0.2, -0.15) is 0 Å². The topological polar surface area (TPSA) is 241 Å². The van der Waals surface area contributed by atoms with Crippen molar-refractivity contribution in [1.82, 2.24) is 0 Å². The van der Waals surface area contributed by atoms with Crippen LogP contribution < -0.4 is 30.6 Å². The number of hydrogen-bond acceptors (Lipinski definition) is 12. The molecule has 582 valence electrons. The normalized spacial score (nSPS) is 10.3. The second-order valence-corrected chi connectivity index (χ2v) is 27.9. The van der Waals surface area contributed by atoms with E-state index in [1.807, 2.05) is 0 Å². The van der Waals surface area contributed by atoms with Crippen LogP contribution in [0.25, 0.3) is 0 Å². The maximum atomic E-state index is 10.1. The summed E-state index contributed by atoms with van der Waals surface area (Å²) in [5, 5.41) is 60.9. The van der Waals surface area contributed by atoms with E-state index in [2.05, 4.69) is 41.5 Å². The van der Waals surface area contributed by atoms with E-state index in [4.69, 9.17) is 0 Å². The molecule has 0 aliphatic carbocycles. The molecule has 0 unspecified atom stereocenters. The summed E-state index contributed by atoms with van der Waals surface area (Å²) in [6.07, 6.45) is 84.2. The molecule has 0 aliphatic rings. The summed E-state index contributed by atoms with van der Waals surface area (Å²) >= 11 is 0. The molecule has 0 saturated carbocycles. The fourth-order valence-corrected chi connectivity index (χ4v) is 11.6. The van der Waals surface area contributed by atoms with Gasteiger partial charge in [-0.1, -0.05) is 427 Å². The van der Waals surface area contributed by atoms with Gasteiger partial charge in [-0.15, -0.1) is 0 Å². The smallest absolute Gasteiger partial charge is 0.550 e. The average molecular weight is 1470 g/mol. The van der Waals surface area contributed by atoms with E-state index in [0.717, 1.165) is 77.0 Å². The van der Waals surface area contributed by atoms with Crippen molar-refractivity contribution in [3.63, 3.8) is 0 Å². The predicted octanol–water partition coefficient (Wildman–Crippen LogP) is 20.6. The Morgan fingerprint density at radius 2 is 0.194 bits per heavy atom. The van der Waals surface area contributed by atoms with Crippen molar-refractivity contribution in [2.45, 2.75) is 504 Å². The van der Waals surface area contributed by atoms with Crippen LogP contribution in [0.5, 0.6) is 0 Å². The van der Waals surface area contributed by atoms with E-state index in [1.165, 1.54) is 347 Å². The first kappa shape index (κ1) is 112. The molecule has 14 heteroatoms. The van der Waals surface area contributed by atoms with Crippen molar-refractivity contribution in [2.24, 2.45) is 0 Å². The van der Waals surface area contributed by atoms with Gasteiger partial charge in [0.05, 0.1) is 0 Å². The fraction of sp³-hybridized carbons (Fsp3) is 0.929. The summed E-state index contributed by atoms with van der Waals surface area (Å²) in [5.41, 5.74) is 0. The second kappa shape index (κ2) is 108. The van der Waals surface area contributed by atoms with E-state index in [1.54, 1.807) is 0 Å². The minimum absolute atomic E-state index is 0. The number of carbonyl (C=O) groups is 6. The first-order valence-corrected chi connectivity index (χ1v) is 41.8. The van der Waals surface area contributed by atoms with Gasteiger partial charge < -0.3 is 59.4 Å². The van der Waals surface area contributed by atoms with Crippen LogP contribution >= 0.6 is 0 Å². The molecule has 0 amide bonds. The summed E-state index contributed by atoms with van der Waals surface area (Å²) in [7, 11) is 0. The quantitative estimate of drug-likeness (QED) is 0.0517. The number of carboxylic acids is 6. The minimum Gasteiger partial charge on any atom is -0.550 e. The number of carbonyl (C=O) groups excluding carboxylic acids is 6. The Morgan fingerprint density at radius 3 is 0.255 bits per heavy atom. The number of rotatable bonds is 72. The second-order valence-electron chi connectivity index (χ2n) is 27.9. The van der Waals surface area contributed by atoms with Crippen LogP contribution in [-0.2, 0) is 63.5 Å². The molecule has 12 nitrogen and oxygen atoms in total. The number of carboxylic acid groups (broad SMARTS) is 6. The summed E-state index contributed by atoms with van der Waals surface area (Å²) in [6.45, 7) is 13.5. The van der Waals surface area contributed by atoms with E-state index in [9.17, 15) is 59.4 Å². The Bertz CT molecular complexity index is 1220. The molecule has 0 bridgehead atoms. The molecule has 0 rings (SSSR count). The Kier molecular flexibility index (Phi) is 123. The molecule has 0 aromatic rings. The van der Waals surface area contributed by atoms with Crippen LogP contribution in [0.4, 0.5) is 0 Å². The molecular formula is C84H162Cr2O12. The Hall–Kier alpha value is -2.12. The van der Waals surface area contributed by atoms with Gasteiger partial charge in [-0.3, -0.25) is 0 Å². The molecule has 0 N–H and O–H groups in total. The molecule has 2 radical (unpaired) electrons. The Morgan fingerprint density at radius 1 is 0.133 bits per heavy atom. The van der Waals surface area contributed by atoms with Crippen LogP contribution in [0.15, 0.2) is 0 Å². The number of hydrogen-bond donors (Lipinski definition) is 0. The van der Waals surface area contributed by atoms with Crippen molar-refractivity contribution in [3.8, 4) is 0 Å². The first-order chi connectivity index (χ1) is 46.6. The molecule has 0 fully saturated rings. The van der Waals surface area contributed by atoms with Crippen LogP contribution in [0.1, 0.15) is 504 Å². The van der Waals surface area contributed by atoms with Gasteiger partial charge in [0.2, 0.25) is 0 Å². The molecule has 0 aromatic carbocycles. The zero-order valence-corrected chi connectivity index (χ0v) is 68.2. The maximum absolute atomic E-state index is 10.1. The molecule has 0 saturated heterocycles. The van der Waals surface area contributed by atoms with Crippen molar-refractivity contribution in [1.29, 1.82) is 0 Å². The molecule has 0 aliphatic heterocycles. The van der Waals surface area contributed by atoms with Gasteiger partial charge in [0, 0.05) is 35.8 Å². The predicted molar refractivity (Wildman–Crippen MR) is 397 cm³/mol. The average Bonchev–Trinajstić information content (AvgIpc) is 3.64. The largest absolute Gasteiger partial charge is 3.00 e. The van der Waals surface area contributed by atoms with Crippen LogP contribution in [0.3, 0.4) is 0 Å². The van der Waals surface area contributed by atoms with Crippen LogP contribution in [0.2, 0.25) is 0 Å². The Labute approximate surface area is 630 Å². The monoisotopic (exact) mass is 1470 g/mol. The summed E-state index contributed by atoms with van der Waals surface area (Å²) in [5.74, 6) is -5.44. The van der Waals surface area contributed by atoms with Gasteiger partial charge in [-0.05, 0) is 77.0 Å². The Balaban J connectivity index is -0.000000165. The van der Waals surface area contributed by atoms with Crippen molar-refractivity contribution in [2.75, 3.05) is 0 Å².